The molecule has 3 aromatic carbocycles. The number of amides is 5. The first-order valence-corrected chi connectivity index (χ1v) is 20.9. The third kappa shape index (κ3) is 6.75. The number of carbonyl (C=O) groups is 5. The number of piperidine rings is 2. The maximum absolute atomic E-state index is 13.6. The van der Waals surface area contributed by atoms with Gasteiger partial charge in [-0.15, -0.1) is 0 Å². The Labute approximate surface area is 342 Å². The van der Waals surface area contributed by atoms with E-state index in [2.05, 4.69) is 50.5 Å². The van der Waals surface area contributed by atoms with Crippen LogP contribution in [0.25, 0.3) is 0 Å². The molecule has 2 atom stereocenters. The number of nitriles is 1. The number of hydrogen-bond donors (Lipinski definition) is 2. The summed E-state index contributed by atoms with van der Waals surface area (Å²) < 4.78 is 0. The number of imide groups is 2. The highest BCUT2D eigenvalue weighted by Crippen LogP contribution is 2.48. The maximum atomic E-state index is 13.6. The van der Waals surface area contributed by atoms with Crippen molar-refractivity contribution in [3.63, 3.8) is 0 Å². The van der Waals surface area contributed by atoms with Gasteiger partial charge in [0.15, 0.2) is 0 Å². The number of halogens is 1. The zero-order valence-electron chi connectivity index (χ0n) is 32.6. The molecule has 5 amide bonds. The van der Waals surface area contributed by atoms with Crippen molar-refractivity contribution in [2.75, 3.05) is 60.9 Å². The summed E-state index contributed by atoms with van der Waals surface area (Å²) in [5.74, 6) is -1.97. The van der Waals surface area contributed by atoms with Crippen molar-refractivity contribution in [1.82, 2.24) is 20.0 Å². The van der Waals surface area contributed by atoms with E-state index >= 15 is 0 Å². The minimum atomic E-state index is -0.984. The first-order valence-electron chi connectivity index (χ1n) is 20.5. The number of benzene rings is 3. The van der Waals surface area contributed by atoms with Crippen LogP contribution in [0.15, 0.2) is 60.7 Å². The molecule has 0 aromatic heterocycles. The second-order valence-corrected chi connectivity index (χ2v) is 17.2. The Morgan fingerprint density at radius 2 is 1.53 bits per heavy atom. The monoisotopic (exact) mass is 802 g/mol. The van der Waals surface area contributed by atoms with Crippen molar-refractivity contribution >= 4 is 58.2 Å². The van der Waals surface area contributed by atoms with E-state index in [1.807, 2.05) is 35.2 Å². The highest BCUT2D eigenvalue weighted by Gasteiger charge is 2.47. The molecule has 58 heavy (non-hydrogen) atoms. The molecule has 3 aromatic rings. The molecule has 13 nitrogen and oxygen atoms in total. The smallest absolute Gasteiger partial charge is 0.262 e. The lowest BCUT2D eigenvalue weighted by atomic mass is 9.73. The number of rotatable bonds is 7. The van der Waals surface area contributed by atoms with Crippen LogP contribution in [0, 0.1) is 16.7 Å². The summed E-state index contributed by atoms with van der Waals surface area (Å²) in [7, 11) is 0. The maximum Gasteiger partial charge on any atom is 0.262 e. The Bertz CT molecular complexity index is 2220. The second kappa shape index (κ2) is 15.1. The fraction of sp³-hybridized carbons (Fsp3) is 0.455. The highest BCUT2D eigenvalue weighted by atomic mass is 35.5. The molecule has 1 spiro atoms. The lowest BCUT2D eigenvalue weighted by Gasteiger charge is -2.46. The first kappa shape index (κ1) is 38.1. The van der Waals surface area contributed by atoms with Gasteiger partial charge in [-0.25, -0.2) is 0 Å². The topological polar surface area (TPSA) is 149 Å². The molecule has 1 aliphatic carbocycles. The average Bonchev–Trinajstić information content (AvgIpc) is 3.66. The van der Waals surface area contributed by atoms with E-state index in [4.69, 9.17) is 11.6 Å². The molecule has 1 saturated carbocycles. The average molecular weight is 803 g/mol. The molecule has 6 aliphatic rings. The van der Waals surface area contributed by atoms with Crippen LogP contribution in [0.2, 0.25) is 5.02 Å². The van der Waals surface area contributed by atoms with Gasteiger partial charge in [-0.05, 0) is 112 Å². The van der Waals surface area contributed by atoms with Gasteiger partial charge in [-0.3, -0.25) is 39.1 Å². The minimum absolute atomic E-state index is 0.0699. The predicted octanol–water partition coefficient (Wildman–Crippen LogP) is 4.90. The van der Waals surface area contributed by atoms with Crippen molar-refractivity contribution in [1.29, 1.82) is 5.26 Å². The molecule has 4 saturated heterocycles. The van der Waals surface area contributed by atoms with E-state index in [9.17, 15) is 29.2 Å². The fourth-order valence-corrected chi connectivity index (χ4v) is 10.4. The van der Waals surface area contributed by atoms with E-state index in [1.165, 1.54) is 0 Å². The van der Waals surface area contributed by atoms with Gasteiger partial charge in [0.25, 0.3) is 17.7 Å². The van der Waals surface area contributed by atoms with E-state index in [0.717, 1.165) is 92.4 Å². The van der Waals surface area contributed by atoms with Crippen LogP contribution < -0.4 is 20.4 Å². The second-order valence-electron chi connectivity index (χ2n) is 16.8. The van der Waals surface area contributed by atoms with Crippen molar-refractivity contribution < 1.29 is 24.0 Å². The van der Waals surface area contributed by atoms with Crippen LogP contribution in [0.4, 0.5) is 17.1 Å². The highest BCUT2D eigenvalue weighted by molar-refractivity contribution is 6.32. The number of nitrogens with one attached hydrogen (secondary N) is 2. The molecule has 14 heteroatoms. The summed E-state index contributed by atoms with van der Waals surface area (Å²) in [6, 6.07) is 21.2. The molecule has 5 heterocycles. The summed E-state index contributed by atoms with van der Waals surface area (Å²) in [6.07, 6.45) is 5.41. The molecular formula is C44H47ClN8O5. The van der Waals surface area contributed by atoms with E-state index in [-0.39, 0.29) is 41.3 Å². The standard InChI is InChI=1S/C44H47ClN8O5/c1-27-44(14-17-52(27)33-8-4-29(26-46)37(45)25-33)12-15-49(16-13-44)32-6-2-28(3-7-32)41(56)51-20-18-50(19-21-51)34-22-31(23-34)47-30-5-9-35-36(24-30)43(58)53(42(35)57)38-10-11-39(54)48-40(38)55/h2-9,24-25,27,31,34,38,47H,10-23H2,1H3,(H,48,54,55). The summed E-state index contributed by atoms with van der Waals surface area (Å²) in [4.78, 5) is 74.1. The van der Waals surface area contributed by atoms with Crippen LogP contribution >= 0.6 is 11.6 Å². The Kier molecular flexibility index (Phi) is 9.88. The molecule has 300 valence electrons. The number of piperazine rings is 1. The summed E-state index contributed by atoms with van der Waals surface area (Å²) >= 11 is 6.37. The van der Waals surface area contributed by atoms with E-state index in [0.29, 0.717) is 35.8 Å². The van der Waals surface area contributed by atoms with Crippen molar-refractivity contribution in [3.05, 3.63) is 87.9 Å². The van der Waals surface area contributed by atoms with Crippen LogP contribution in [-0.2, 0) is 9.59 Å². The Morgan fingerprint density at radius 3 is 2.22 bits per heavy atom. The number of fused-ring (bicyclic) bond motifs is 1. The number of nitrogens with zero attached hydrogens (tertiary/aromatic N) is 6. The Hall–Kier alpha value is -5.45. The predicted molar refractivity (Wildman–Crippen MR) is 219 cm³/mol. The molecule has 5 fully saturated rings. The fourth-order valence-electron chi connectivity index (χ4n) is 10.2. The SMILES string of the molecule is CC1N(c2ccc(C#N)c(Cl)c2)CCC12CCN(c1ccc(C(=O)N3CCN(C4CC(Nc5ccc6c(c5)C(=O)N(C5CCC(=O)NC5=O)C6=O)C4)CC3)cc1)CC2. The molecule has 5 aliphatic heterocycles. The van der Waals surface area contributed by atoms with Gasteiger partial charge < -0.3 is 20.0 Å². The van der Waals surface area contributed by atoms with E-state index < -0.39 is 29.7 Å². The number of carbonyl (C=O) groups excluding carboxylic acids is 5. The van der Waals surface area contributed by atoms with Gasteiger partial charge in [0.1, 0.15) is 12.1 Å². The zero-order valence-corrected chi connectivity index (χ0v) is 33.3. The normalized spacial score (nSPS) is 25.7. The zero-order chi connectivity index (χ0) is 40.3. The lowest BCUT2D eigenvalue weighted by molar-refractivity contribution is -0.136. The molecular weight excluding hydrogens is 756 g/mol. The lowest BCUT2D eigenvalue weighted by Crippen LogP contribution is -2.57. The largest absolute Gasteiger partial charge is 0.382 e. The third-order valence-corrected chi connectivity index (χ3v) is 14.2. The molecule has 2 N–H and O–H groups in total. The Balaban J connectivity index is 0.724. The molecule has 0 radical (unpaired) electrons. The minimum Gasteiger partial charge on any atom is -0.382 e. The number of anilines is 3. The van der Waals surface area contributed by atoms with Gasteiger partial charge in [0.2, 0.25) is 11.8 Å². The quantitative estimate of drug-likeness (QED) is 0.316. The van der Waals surface area contributed by atoms with Gasteiger partial charge in [0.05, 0.1) is 21.7 Å². The van der Waals surface area contributed by atoms with Crippen molar-refractivity contribution in [2.45, 2.75) is 76.0 Å². The van der Waals surface area contributed by atoms with Gasteiger partial charge in [-0.1, -0.05) is 11.6 Å². The van der Waals surface area contributed by atoms with Gasteiger partial charge in [0, 0.05) is 93.0 Å². The summed E-state index contributed by atoms with van der Waals surface area (Å²) in [5.41, 5.74) is 4.99. The Morgan fingerprint density at radius 1 is 0.845 bits per heavy atom. The molecule has 0 bridgehead atoms. The van der Waals surface area contributed by atoms with Crippen molar-refractivity contribution in [2.24, 2.45) is 5.41 Å². The van der Waals surface area contributed by atoms with Crippen LogP contribution in [0.5, 0.6) is 0 Å². The summed E-state index contributed by atoms with van der Waals surface area (Å²) in [6.45, 7) is 8.23. The van der Waals surface area contributed by atoms with Gasteiger partial charge >= 0.3 is 0 Å². The molecule has 2 unspecified atom stereocenters. The van der Waals surface area contributed by atoms with Crippen LogP contribution in [-0.4, -0.2) is 114 Å². The summed E-state index contributed by atoms with van der Waals surface area (Å²) in [5, 5.41) is 15.5. The number of hydrogen-bond acceptors (Lipinski definition) is 10. The van der Waals surface area contributed by atoms with Gasteiger partial charge in [-0.2, -0.15) is 5.26 Å². The van der Waals surface area contributed by atoms with Crippen molar-refractivity contribution in [3.8, 4) is 6.07 Å². The van der Waals surface area contributed by atoms with E-state index in [1.54, 1.807) is 18.2 Å². The van der Waals surface area contributed by atoms with Crippen LogP contribution in [0.3, 0.4) is 0 Å². The third-order valence-electron chi connectivity index (χ3n) is 13.9. The first-order chi connectivity index (χ1) is 28.0. The van der Waals surface area contributed by atoms with Crippen LogP contribution in [0.1, 0.15) is 88.5 Å². The molecule has 9 rings (SSSR count).